The number of anilines is 1. The Balaban J connectivity index is 1.47. The highest BCUT2D eigenvalue weighted by molar-refractivity contribution is 5.92. The first-order valence-corrected chi connectivity index (χ1v) is 10.3. The molecule has 0 bridgehead atoms. The summed E-state index contributed by atoms with van der Waals surface area (Å²) in [6.45, 7) is 2.16. The van der Waals surface area contributed by atoms with Crippen LogP contribution in [0.1, 0.15) is 24.0 Å². The monoisotopic (exact) mass is 408 g/mol. The zero-order valence-corrected chi connectivity index (χ0v) is 17.5. The normalized spacial score (nSPS) is 17.5. The van der Waals surface area contributed by atoms with E-state index in [0.29, 0.717) is 18.8 Å². The fraction of sp³-hybridized carbons (Fsp3) is 0.375. The maximum Gasteiger partial charge on any atom is 0.246 e. The number of nitrogens with zero attached hydrogens (tertiary/aromatic N) is 2. The van der Waals surface area contributed by atoms with Gasteiger partial charge in [0.1, 0.15) is 0 Å². The Morgan fingerprint density at radius 3 is 2.63 bits per heavy atom. The second-order valence-corrected chi connectivity index (χ2v) is 7.86. The number of amides is 1. The van der Waals surface area contributed by atoms with Crippen LogP contribution in [0.25, 0.3) is 6.08 Å². The van der Waals surface area contributed by atoms with Crippen molar-refractivity contribution in [3.05, 3.63) is 59.7 Å². The average molecular weight is 408 g/mol. The Hall–Kier alpha value is -2.99. The van der Waals surface area contributed by atoms with Gasteiger partial charge < -0.3 is 24.0 Å². The van der Waals surface area contributed by atoms with E-state index in [1.165, 1.54) is 0 Å². The van der Waals surface area contributed by atoms with Crippen molar-refractivity contribution in [2.45, 2.75) is 25.5 Å². The Bertz CT molecular complexity index is 902. The van der Waals surface area contributed by atoms with Crippen LogP contribution in [0.2, 0.25) is 0 Å². The lowest BCUT2D eigenvalue weighted by atomic mass is 10.1. The SMILES string of the molecule is CN(C)c1ccc(CN(CC2CCCO2)C(=O)/C=C/c2ccc3c(c2)OCO3)cc1. The van der Waals surface area contributed by atoms with Crippen LogP contribution in [0, 0.1) is 0 Å². The first-order valence-electron chi connectivity index (χ1n) is 10.3. The van der Waals surface area contributed by atoms with Crippen LogP contribution >= 0.6 is 0 Å². The Morgan fingerprint density at radius 2 is 1.90 bits per heavy atom. The summed E-state index contributed by atoms with van der Waals surface area (Å²) in [5, 5.41) is 0. The molecule has 0 aromatic heterocycles. The Kier molecular flexibility index (Phi) is 6.23. The summed E-state index contributed by atoms with van der Waals surface area (Å²) in [6.07, 6.45) is 5.60. The van der Waals surface area contributed by atoms with Gasteiger partial charge in [0, 0.05) is 45.6 Å². The van der Waals surface area contributed by atoms with Crippen molar-refractivity contribution in [1.29, 1.82) is 0 Å². The van der Waals surface area contributed by atoms with Crippen LogP contribution < -0.4 is 14.4 Å². The van der Waals surface area contributed by atoms with Gasteiger partial charge in [0.25, 0.3) is 0 Å². The van der Waals surface area contributed by atoms with Crippen molar-refractivity contribution in [3.63, 3.8) is 0 Å². The van der Waals surface area contributed by atoms with Crippen LogP contribution in [0.4, 0.5) is 5.69 Å². The van der Waals surface area contributed by atoms with Gasteiger partial charge in [0.05, 0.1) is 6.10 Å². The summed E-state index contributed by atoms with van der Waals surface area (Å²) in [6, 6.07) is 14.0. The molecule has 0 spiro atoms. The van der Waals surface area contributed by atoms with E-state index in [4.69, 9.17) is 14.2 Å². The molecule has 0 aliphatic carbocycles. The molecule has 1 unspecified atom stereocenters. The van der Waals surface area contributed by atoms with Gasteiger partial charge in [-0.05, 0) is 54.3 Å². The second kappa shape index (κ2) is 9.22. The Morgan fingerprint density at radius 1 is 1.10 bits per heavy atom. The lowest BCUT2D eigenvalue weighted by Gasteiger charge is -2.25. The van der Waals surface area contributed by atoms with Crippen LogP contribution in [-0.4, -0.2) is 51.0 Å². The molecule has 6 heteroatoms. The predicted molar refractivity (Wildman–Crippen MR) is 117 cm³/mol. The van der Waals surface area contributed by atoms with Crippen molar-refractivity contribution in [2.24, 2.45) is 0 Å². The molecule has 2 aliphatic heterocycles. The lowest BCUT2D eigenvalue weighted by molar-refractivity contribution is -0.128. The topological polar surface area (TPSA) is 51.2 Å². The molecule has 2 aliphatic rings. The zero-order valence-electron chi connectivity index (χ0n) is 17.5. The van der Waals surface area contributed by atoms with Gasteiger partial charge in [-0.25, -0.2) is 0 Å². The molecule has 4 rings (SSSR count). The lowest BCUT2D eigenvalue weighted by Crippen LogP contribution is -2.35. The second-order valence-electron chi connectivity index (χ2n) is 7.86. The number of hydrogen-bond acceptors (Lipinski definition) is 5. The molecule has 0 N–H and O–H groups in total. The summed E-state index contributed by atoms with van der Waals surface area (Å²) < 4.78 is 16.5. The van der Waals surface area contributed by atoms with Gasteiger partial charge in [-0.2, -0.15) is 0 Å². The first kappa shape index (κ1) is 20.3. The molecule has 0 radical (unpaired) electrons. The molecule has 2 heterocycles. The van der Waals surface area contributed by atoms with Crippen LogP contribution in [-0.2, 0) is 16.1 Å². The minimum absolute atomic E-state index is 0.0279. The third-order valence-corrected chi connectivity index (χ3v) is 5.40. The molecule has 30 heavy (non-hydrogen) atoms. The van der Waals surface area contributed by atoms with Crippen LogP contribution in [0.15, 0.2) is 48.5 Å². The molecule has 0 saturated carbocycles. The Labute approximate surface area is 177 Å². The summed E-state index contributed by atoms with van der Waals surface area (Å²) in [5.74, 6) is 1.42. The van der Waals surface area contributed by atoms with Gasteiger partial charge in [0.2, 0.25) is 12.7 Å². The number of fused-ring (bicyclic) bond motifs is 1. The molecular formula is C24H28N2O4. The molecule has 158 valence electrons. The fourth-order valence-corrected chi connectivity index (χ4v) is 3.68. The number of hydrogen-bond donors (Lipinski definition) is 0. The van der Waals surface area contributed by atoms with Crippen molar-refractivity contribution >= 4 is 17.7 Å². The smallest absolute Gasteiger partial charge is 0.246 e. The number of carbonyl (C=O) groups is 1. The molecule has 1 atom stereocenters. The number of rotatable bonds is 7. The van der Waals surface area contributed by atoms with Crippen molar-refractivity contribution in [1.82, 2.24) is 4.90 Å². The van der Waals surface area contributed by atoms with E-state index < -0.39 is 0 Å². The molecule has 6 nitrogen and oxygen atoms in total. The highest BCUT2D eigenvalue weighted by atomic mass is 16.7. The summed E-state index contributed by atoms with van der Waals surface area (Å²) in [7, 11) is 4.03. The molecule has 1 amide bonds. The third kappa shape index (κ3) is 4.94. The van der Waals surface area contributed by atoms with Crippen molar-refractivity contribution in [2.75, 3.05) is 38.9 Å². The maximum absolute atomic E-state index is 13.0. The first-order chi connectivity index (χ1) is 14.6. The minimum Gasteiger partial charge on any atom is -0.454 e. The summed E-state index contributed by atoms with van der Waals surface area (Å²) >= 11 is 0. The summed E-state index contributed by atoms with van der Waals surface area (Å²) in [4.78, 5) is 17.0. The molecule has 2 aromatic carbocycles. The van der Waals surface area contributed by atoms with Gasteiger partial charge in [-0.3, -0.25) is 4.79 Å². The highest BCUT2D eigenvalue weighted by Crippen LogP contribution is 2.32. The van der Waals surface area contributed by atoms with Gasteiger partial charge in [-0.1, -0.05) is 18.2 Å². The maximum atomic E-state index is 13.0. The van der Waals surface area contributed by atoms with Crippen LogP contribution in [0.3, 0.4) is 0 Å². The molecule has 1 fully saturated rings. The molecule has 2 aromatic rings. The fourth-order valence-electron chi connectivity index (χ4n) is 3.68. The standard InChI is InChI=1S/C24H28N2O4/c1-25(2)20-9-5-19(6-10-20)15-26(16-21-4-3-13-28-21)24(27)12-8-18-7-11-22-23(14-18)30-17-29-22/h5-12,14,21H,3-4,13,15-17H2,1-2H3/b12-8+. The van der Waals surface area contributed by atoms with Gasteiger partial charge >= 0.3 is 0 Å². The highest BCUT2D eigenvalue weighted by Gasteiger charge is 2.22. The molecule has 1 saturated heterocycles. The minimum atomic E-state index is -0.0279. The van der Waals surface area contributed by atoms with E-state index in [2.05, 4.69) is 29.2 Å². The van der Waals surface area contributed by atoms with Gasteiger partial charge in [0.15, 0.2) is 11.5 Å². The molecular weight excluding hydrogens is 380 g/mol. The van der Waals surface area contributed by atoms with E-state index in [1.807, 2.05) is 43.3 Å². The van der Waals surface area contributed by atoms with E-state index in [9.17, 15) is 4.79 Å². The number of ether oxygens (including phenoxy) is 3. The third-order valence-electron chi connectivity index (χ3n) is 5.40. The van der Waals surface area contributed by atoms with E-state index in [0.717, 1.165) is 42.0 Å². The van der Waals surface area contributed by atoms with E-state index in [1.54, 1.807) is 6.08 Å². The largest absolute Gasteiger partial charge is 0.454 e. The van der Waals surface area contributed by atoms with E-state index >= 15 is 0 Å². The predicted octanol–water partition coefficient (Wildman–Crippen LogP) is 3.70. The van der Waals surface area contributed by atoms with Crippen molar-refractivity contribution in [3.8, 4) is 11.5 Å². The van der Waals surface area contributed by atoms with Crippen LogP contribution in [0.5, 0.6) is 11.5 Å². The number of carbonyl (C=O) groups excluding carboxylic acids is 1. The average Bonchev–Trinajstić information content (AvgIpc) is 3.43. The quantitative estimate of drug-likeness (QED) is 0.654. The van der Waals surface area contributed by atoms with Crippen molar-refractivity contribution < 1.29 is 19.0 Å². The zero-order chi connectivity index (χ0) is 20.9. The van der Waals surface area contributed by atoms with E-state index in [-0.39, 0.29) is 18.8 Å². The number of benzene rings is 2. The summed E-state index contributed by atoms with van der Waals surface area (Å²) in [5.41, 5.74) is 3.14. The van der Waals surface area contributed by atoms with Gasteiger partial charge in [-0.15, -0.1) is 0 Å².